The molecular formula is C16H48GeSi8. The van der Waals surface area contributed by atoms with Gasteiger partial charge < -0.3 is 0 Å². The van der Waals surface area contributed by atoms with Crippen molar-refractivity contribution in [2.75, 3.05) is 0 Å². The predicted molar refractivity (Wildman–Crippen MR) is 146 cm³/mol. The van der Waals surface area contributed by atoms with Crippen molar-refractivity contribution in [3.8, 4) is 0 Å². The predicted octanol–water partition coefficient (Wildman–Crippen LogP) is 5.91. The Morgan fingerprint density at radius 3 is 0.720 bits per heavy atom. The second-order valence-electron chi connectivity index (χ2n) is 11.1. The van der Waals surface area contributed by atoms with Gasteiger partial charge in [-0.05, 0) is 0 Å². The third kappa shape index (κ3) is 18.1. The minimum Gasteiger partial charge on any atom is -0.0740 e. The van der Waals surface area contributed by atoms with Crippen LogP contribution in [0.4, 0.5) is 0 Å². The topological polar surface area (TPSA) is 0 Å². The largest absolute Gasteiger partial charge is 0.0740 e. The van der Waals surface area contributed by atoms with Gasteiger partial charge in [0.2, 0.25) is 0 Å². The van der Waals surface area contributed by atoms with Gasteiger partial charge in [-0.25, -0.2) is 0 Å². The molecule has 0 atom stereocenters. The molecule has 0 rings (SSSR count). The van der Waals surface area contributed by atoms with Crippen LogP contribution in [0.2, 0.25) is 105 Å². The molecule has 0 aliphatic heterocycles. The zero-order valence-corrected chi connectivity index (χ0v) is 30.6. The van der Waals surface area contributed by atoms with Crippen LogP contribution in [0.25, 0.3) is 0 Å². The molecule has 0 aromatic rings. The van der Waals surface area contributed by atoms with Crippen molar-refractivity contribution in [3.63, 3.8) is 0 Å². The van der Waals surface area contributed by atoms with E-state index in [0.29, 0.717) is 0 Å². The molecule has 0 bridgehead atoms. The second-order valence-corrected chi connectivity index (χ2v) is 69.4. The maximum absolute atomic E-state index is 4.21. The Kier molecular flexibility index (Phi) is 18.8. The molecule has 0 aromatic carbocycles. The van der Waals surface area contributed by atoms with Crippen molar-refractivity contribution in [1.29, 1.82) is 0 Å². The van der Waals surface area contributed by atoms with Gasteiger partial charge in [0.15, 0.2) is 0 Å². The molecule has 0 heterocycles. The van der Waals surface area contributed by atoms with E-state index in [1.165, 1.54) is 0 Å². The van der Waals surface area contributed by atoms with E-state index in [-0.39, 0.29) is 42.5 Å². The van der Waals surface area contributed by atoms with Gasteiger partial charge in [-0.15, -0.1) is 0 Å². The third-order valence-electron chi connectivity index (χ3n) is 3.69. The van der Waals surface area contributed by atoms with E-state index in [1.54, 1.807) is 0 Å². The average molecular weight is 538 g/mol. The van der Waals surface area contributed by atoms with E-state index in [0.717, 1.165) is 0 Å². The van der Waals surface area contributed by atoms with Crippen LogP contribution in [0, 0.1) is 0 Å². The summed E-state index contributed by atoms with van der Waals surface area (Å²) in [4.78, 5) is 0. The van der Waals surface area contributed by atoms with Crippen molar-refractivity contribution in [3.05, 3.63) is 0 Å². The molecule has 148 valence electrons. The molecule has 0 spiro atoms. The average Bonchev–Trinajstić information content (AvgIpc) is 2.05. The van der Waals surface area contributed by atoms with Crippen LogP contribution in [0.5, 0.6) is 0 Å². The van der Waals surface area contributed by atoms with E-state index < -0.39 is 29.4 Å². The summed E-state index contributed by atoms with van der Waals surface area (Å²) >= 11 is 0. The summed E-state index contributed by atoms with van der Waals surface area (Å²) in [5.74, 6) is 0. The van der Waals surface area contributed by atoms with Crippen LogP contribution in [0.1, 0.15) is 0 Å². The first-order valence-electron chi connectivity index (χ1n) is 9.25. The Balaban J connectivity index is -0.000000205. The monoisotopic (exact) mass is 538 g/mol. The molecule has 0 saturated heterocycles. The third-order valence-corrected chi connectivity index (χ3v) is 91.7. The first-order valence-corrected chi connectivity index (χ1v) is 35.2. The zero-order valence-electron chi connectivity index (χ0n) is 20.5. The first-order chi connectivity index (χ1) is 10.1. The Morgan fingerprint density at radius 1 is 0.520 bits per heavy atom. The van der Waals surface area contributed by atoms with Gasteiger partial charge in [-0.2, -0.15) is 0 Å². The molecule has 0 nitrogen and oxygen atoms in total. The maximum atomic E-state index is 4.21. The molecule has 0 unspecified atom stereocenters. The number of rotatable bonds is 4. The zero-order chi connectivity index (χ0) is 20.7. The summed E-state index contributed by atoms with van der Waals surface area (Å²) in [5, 5.41) is 0. The minimum absolute atomic E-state index is 0. The standard InChI is InChI=1S/C10H30Si6.2C3H9Si.Ge/c1-13(2,3)12(14(4,5)6)16(9,10)15(7,8)11;2*1-4(2)3;/h1-10H3;2*1-3H3;. The first kappa shape index (κ1) is 34.8. The quantitative estimate of drug-likeness (QED) is 0.391. The number of hydrogen-bond donors (Lipinski definition) is 0. The molecule has 0 aliphatic rings. The van der Waals surface area contributed by atoms with E-state index in [4.69, 9.17) is 0 Å². The van der Waals surface area contributed by atoms with Crippen molar-refractivity contribution in [1.82, 2.24) is 0 Å². The van der Waals surface area contributed by atoms with E-state index in [9.17, 15) is 0 Å². The normalized spacial score (nSPS) is 13.0. The van der Waals surface area contributed by atoms with E-state index >= 15 is 0 Å². The van der Waals surface area contributed by atoms with Crippen molar-refractivity contribution >= 4 is 81.7 Å². The van der Waals surface area contributed by atoms with Crippen molar-refractivity contribution < 1.29 is 0 Å². The fourth-order valence-electron chi connectivity index (χ4n) is 3.31. The summed E-state index contributed by atoms with van der Waals surface area (Å²) < 4.78 is 0. The molecule has 0 aromatic heterocycles. The molecule has 0 N–H and O–H groups in total. The SMILES string of the molecule is C[Si](C)(C)[Si]([Si](C)(C)C)[Si](C)(C)[Si](C)(C)[Si].C[Si](C)C.C[Si](C)C.[Ge]. The van der Waals surface area contributed by atoms with Gasteiger partial charge in [0.1, 0.15) is 0 Å². The van der Waals surface area contributed by atoms with Gasteiger partial charge in [-0.1, -0.05) is 105 Å². The van der Waals surface area contributed by atoms with Crippen LogP contribution in [0.15, 0.2) is 0 Å². The molecule has 25 heavy (non-hydrogen) atoms. The van der Waals surface area contributed by atoms with Crippen LogP contribution in [0.3, 0.4) is 0 Å². The van der Waals surface area contributed by atoms with Crippen LogP contribution in [-0.2, 0) is 0 Å². The van der Waals surface area contributed by atoms with E-state index in [1.807, 2.05) is 0 Å². The summed E-state index contributed by atoms with van der Waals surface area (Å²) in [6.45, 7) is 40.0. The Hall–Kier alpha value is 2.28. The summed E-state index contributed by atoms with van der Waals surface area (Å²) in [7, 11) is 0.361. The molecule has 0 saturated carbocycles. The smallest absolute Gasteiger partial charge is 0.0379 e. The van der Waals surface area contributed by atoms with Gasteiger partial charge in [0, 0.05) is 81.7 Å². The Morgan fingerprint density at radius 2 is 0.680 bits per heavy atom. The van der Waals surface area contributed by atoms with Gasteiger partial charge in [0.05, 0.1) is 0 Å². The summed E-state index contributed by atoms with van der Waals surface area (Å²) in [6.07, 6.45) is 0. The molecule has 0 amide bonds. The Bertz CT molecular complexity index is 299. The molecule has 9 heteroatoms. The molecule has 0 aliphatic carbocycles. The molecule has 10 radical (unpaired) electrons. The fraction of sp³-hybridized carbons (Fsp3) is 1.00. The fourth-order valence-corrected chi connectivity index (χ4v) is 137. The van der Waals surface area contributed by atoms with Gasteiger partial charge >= 0.3 is 0 Å². The summed E-state index contributed by atoms with van der Waals surface area (Å²) in [6, 6.07) is 0. The minimum atomic E-state index is -1.11. The van der Waals surface area contributed by atoms with Crippen LogP contribution >= 0.6 is 0 Å². The van der Waals surface area contributed by atoms with Crippen molar-refractivity contribution in [2.24, 2.45) is 0 Å². The van der Waals surface area contributed by atoms with Crippen LogP contribution < -0.4 is 0 Å². The molecular weight excluding hydrogens is 489 g/mol. The van der Waals surface area contributed by atoms with E-state index in [2.05, 4.69) is 115 Å². The van der Waals surface area contributed by atoms with Gasteiger partial charge in [-0.3, -0.25) is 0 Å². The Labute approximate surface area is 185 Å². The van der Waals surface area contributed by atoms with Gasteiger partial charge in [0.25, 0.3) is 0 Å². The summed E-state index contributed by atoms with van der Waals surface area (Å²) in [5.41, 5.74) is 0. The second kappa shape index (κ2) is 13.5. The van der Waals surface area contributed by atoms with Crippen molar-refractivity contribution in [2.45, 2.75) is 105 Å². The van der Waals surface area contributed by atoms with Crippen LogP contribution in [-0.4, -0.2) is 81.7 Å². The molecule has 0 fully saturated rings. The number of hydrogen-bond acceptors (Lipinski definition) is 0. The maximum Gasteiger partial charge on any atom is 0.0379 e.